The fourth-order valence-electron chi connectivity index (χ4n) is 2.14. The van der Waals surface area contributed by atoms with Crippen LogP contribution in [0.3, 0.4) is 0 Å². The van der Waals surface area contributed by atoms with Crippen LogP contribution < -0.4 is 10.1 Å². The van der Waals surface area contributed by atoms with Gasteiger partial charge in [-0.3, -0.25) is 4.79 Å². The Morgan fingerprint density at radius 1 is 1.19 bits per heavy atom. The molecule has 2 aromatic carbocycles. The van der Waals surface area contributed by atoms with Crippen molar-refractivity contribution in [3.63, 3.8) is 0 Å². The lowest BCUT2D eigenvalue weighted by atomic mass is 10.2. The van der Waals surface area contributed by atoms with Gasteiger partial charge in [-0.1, -0.05) is 6.07 Å². The summed E-state index contributed by atoms with van der Waals surface area (Å²) < 4.78 is 33.6. The normalized spacial score (nSPS) is 11.1. The first kappa shape index (κ1) is 17.6. The number of aromatic nitrogens is 2. The summed E-state index contributed by atoms with van der Waals surface area (Å²) in [5.41, 5.74) is 1.12. The van der Waals surface area contributed by atoms with E-state index in [0.717, 1.165) is 11.8 Å². The molecule has 0 aliphatic carbocycles. The zero-order valence-electron chi connectivity index (χ0n) is 13.7. The summed E-state index contributed by atoms with van der Waals surface area (Å²) in [4.78, 5) is 12.1. The van der Waals surface area contributed by atoms with Crippen LogP contribution in [-0.4, -0.2) is 37.4 Å². The maximum absolute atomic E-state index is 12.0. The number of rotatable bonds is 6. The summed E-state index contributed by atoms with van der Waals surface area (Å²) in [6.07, 6.45) is 2.35. The number of anilines is 1. The molecule has 1 amide bonds. The van der Waals surface area contributed by atoms with Crippen LogP contribution >= 0.6 is 0 Å². The van der Waals surface area contributed by atoms with Gasteiger partial charge in [-0.05, 0) is 42.5 Å². The number of carbonyl (C=O) groups is 1. The number of hydrogen-bond acceptors (Lipinski definition) is 7. The molecule has 0 aliphatic heterocycles. The molecule has 0 bridgehead atoms. The highest BCUT2D eigenvalue weighted by Crippen LogP contribution is 2.20. The minimum absolute atomic E-state index is 0.132. The van der Waals surface area contributed by atoms with Crippen LogP contribution in [0.25, 0.3) is 11.5 Å². The Hall–Kier alpha value is -3.20. The number of benzene rings is 2. The van der Waals surface area contributed by atoms with E-state index in [1.165, 1.54) is 18.5 Å². The Balaban J connectivity index is 1.57. The molecule has 9 heteroatoms. The lowest BCUT2D eigenvalue weighted by Crippen LogP contribution is -2.20. The molecule has 0 spiro atoms. The number of carbonyl (C=O) groups excluding carboxylic acids is 1. The minimum atomic E-state index is -3.34. The molecule has 3 rings (SSSR count). The van der Waals surface area contributed by atoms with Crippen LogP contribution in [-0.2, 0) is 14.6 Å². The SMILES string of the molecule is CS(=O)(=O)c1cccc(NC(=O)COc2ccc(-c3nnco3)cc2)c1. The van der Waals surface area contributed by atoms with Gasteiger partial charge in [-0.25, -0.2) is 8.42 Å². The van der Waals surface area contributed by atoms with E-state index in [0.29, 0.717) is 17.3 Å². The summed E-state index contributed by atoms with van der Waals surface area (Å²) in [5, 5.41) is 10.00. The predicted octanol–water partition coefficient (Wildman–Crippen LogP) is 2.16. The Morgan fingerprint density at radius 3 is 2.62 bits per heavy atom. The molecule has 0 saturated carbocycles. The van der Waals surface area contributed by atoms with Crippen LogP contribution in [0.1, 0.15) is 0 Å². The van der Waals surface area contributed by atoms with Crippen LogP contribution in [0.5, 0.6) is 5.75 Å². The van der Waals surface area contributed by atoms with Crippen LogP contribution in [0, 0.1) is 0 Å². The van der Waals surface area contributed by atoms with Gasteiger partial charge >= 0.3 is 0 Å². The van der Waals surface area contributed by atoms with E-state index in [9.17, 15) is 13.2 Å². The zero-order chi connectivity index (χ0) is 18.6. The molecule has 0 unspecified atom stereocenters. The lowest BCUT2D eigenvalue weighted by molar-refractivity contribution is -0.118. The number of hydrogen-bond donors (Lipinski definition) is 1. The molecule has 8 nitrogen and oxygen atoms in total. The molecule has 134 valence electrons. The fraction of sp³-hybridized carbons (Fsp3) is 0.118. The first-order valence-corrected chi connectivity index (χ1v) is 9.40. The van der Waals surface area contributed by atoms with E-state index >= 15 is 0 Å². The Bertz CT molecular complexity index is 999. The van der Waals surface area contributed by atoms with Crippen molar-refractivity contribution in [3.8, 4) is 17.2 Å². The second-order valence-electron chi connectivity index (χ2n) is 5.41. The highest BCUT2D eigenvalue weighted by molar-refractivity contribution is 7.90. The standard InChI is InChI=1S/C17H15N3O5S/c1-26(22,23)15-4-2-3-13(9-15)19-16(21)10-24-14-7-5-12(6-8-14)17-20-18-11-25-17/h2-9,11H,10H2,1H3,(H,19,21). The Morgan fingerprint density at radius 2 is 1.96 bits per heavy atom. The van der Waals surface area contributed by atoms with E-state index in [4.69, 9.17) is 9.15 Å². The maximum Gasteiger partial charge on any atom is 0.262 e. The van der Waals surface area contributed by atoms with Gasteiger partial charge in [0.25, 0.3) is 5.91 Å². The topological polar surface area (TPSA) is 111 Å². The molecule has 0 saturated heterocycles. The largest absolute Gasteiger partial charge is 0.484 e. The van der Waals surface area contributed by atoms with Crippen molar-refractivity contribution in [3.05, 3.63) is 54.9 Å². The van der Waals surface area contributed by atoms with Gasteiger partial charge < -0.3 is 14.5 Å². The van der Waals surface area contributed by atoms with E-state index in [1.807, 2.05) is 0 Å². The van der Waals surface area contributed by atoms with E-state index in [1.54, 1.807) is 36.4 Å². The highest BCUT2D eigenvalue weighted by atomic mass is 32.2. The molecular weight excluding hydrogens is 358 g/mol. The first-order chi connectivity index (χ1) is 12.4. The second-order valence-corrected chi connectivity index (χ2v) is 7.42. The molecular formula is C17H15N3O5S. The Labute approximate surface area is 149 Å². The summed E-state index contributed by atoms with van der Waals surface area (Å²) in [5.74, 6) is 0.477. The summed E-state index contributed by atoms with van der Waals surface area (Å²) in [6, 6.07) is 12.8. The van der Waals surface area contributed by atoms with Crippen LogP contribution in [0.4, 0.5) is 5.69 Å². The summed E-state index contributed by atoms with van der Waals surface area (Å²) in [6.45, 7) is -0.219. The van der Waals surface area contributed by atoms with Crippen molar-refractivity contribution < 1.29 is 22.4 Å². The number of nitrogens with zero attached hydrogens (tertiary/aromatic N) is 2. The quantitative estimate of drug-likeness (QED) is 0.704. The highest BCUT2D eigenvalue weighted by Gasteiger charge is 2.10. The molecule has 0 aliphatic rings. The number of sulfone groups is 1. The third-order valence-electron chi connectivity index (χ3n) is 3.38. The average Bonchev–Trinajstić information content (AvgIpc) is 3.14. The van der Waals surface area contributed by atoms with Gasteiger partial charge in [-0.2, -0.15) is 0 Å². The molecule has 0 radical (unpaired) electrons. The van der Waals surface area contributed by atoms with Gasteiger partial charge in [0.1, 0.15) is 5.75 Å². The van der Waals surface area contributed by atoms with Gasteiger partial charge in [0.15, 0.2) is 16.4 Å². The minimum Gasteiger partial charge on any atom is -0.484 e. The predicted molar refractivity (Wildman–Crippen MR) is 93.4 cm³/mol. The molecule has 1 N–H and O–H groups in total. The molecule has 0 fully saturated rings. The van der Waals surface area contributed by atoms with Crippen molar-refractivity contribution in [2.24, 2.45) is 0 Å². The number of amides is 1. The zero-order valence-corrected chi connectivity index (χ0v) is 14.6. The van der Waals surface area contributed by atoms with Gasteiger partial charge in [0, 0.05) is 17.5 Å². The van der Waals surface area contributed by atoms with Gasteiger partial charge in [0.2, 0.25) is 12.3 Å². The van der Waals surface area contributed by atoms with Crippen molar-refractivity contribution in [1.82, 2.24) is 10.2 Å². The number of nitrogens with one attached hydrogen (secondary N) is 1. The summed E-state index contributed by atoms with van der Waals surface area (Å²) >= 11 is 0. The van der Waals surface area contributed by atoms with E-state index in [2.05, 4.69) is 15.5 Å². The van der Waals surface area contributed by atoms with Crippen molar-refractivity contribution in [2.45, 2.75) is 4.90 Å². The Kier molecular flexibility index (Phi) is 4.99. The molecule has 26 heavy (non-hydrogen) atoms. The fourth-order valence-corrected chi connectivity index (χ4v) is 2.81. The molecule has 0 atom stereocenters. The molecule has 1 heterocycles. The smallest absolute Gasteiger partial charge is 0.262 e. The maximum atomic E-state index is 12.0. The third kappa shape index (κ3) is 4.45. The van der Waals surface area contributed by atoms with Gasteiger partial charge in [-0.15, -0.1) is 10.2 Å². The third-order valence-corrected chi connectivity index (χ3v) is 4.49. The van der Waals surface area contributed by atoms with Crippen molar-refractivity contribution >= 4 is 21.4 Å². The average molecular weight is 373 g/mol. The van der Waals surface area contributed by atoms with Crippen LogP contribution in [0.15, 0.2) is 64.2 Å². The van der Waals surface area contributed by atoms with E-state index in [-0.39, 0.29) is 11.5 Å². The molecule has 3 aromatic rings. The second kappa shape index (κ2) is 7.36. The first-order valence-electron chi connectivity index (χ1n) is 7.51. The monoisotopic (exact) mass is 373 g/mol. The lowest BCUT2D eigenvalue weighted by Gasteiger charge is -2.08. The van der Waals surface area contributed by atoms with E-state index < -0.39 is 15.7 Å². The van der Waals surface area contributed by atoms with Crippen molar-refractivity contribution in [1.29, 1.82) is 0 Å². The number of ether oxygens (including phenoxy) is 1. The molecule has 1 aromatic heterocycles. The van der Waals surface area contributed by atoms with Crippen molar-refractivity contribution in [2.75, 3.05) is 18.2 Å². The summed E-state index contributed by atoms with van der Waals surface area (Å²) in [7, 11) is -3.34. The van der Waals surface area contributed by atoms with Gasteiger partial charge in [0.05, 0.1) is 4.90 Å². The van der Waals surface area contributed by atoms with Crippen LogP contribution in [0.2, 0.25) is 0 Å².